The Morgan fingerprint density at radius 3 is 3.12 bits per heavy atom. The highest BCUT2D eigenvalue weighted by Gasteiger charge is 2.28. The van der Waals surface area contributed by atoms with Gasteiger partial charge in [-0.3, -0.25) is 9.69 Å². The van der Waals surface area contributed by atoms with Crippen LogP contribution in [0.4, 0.5) is 0 Å². The van der Waals surface area contributed by atoms with Crippen LogP contribution in [0.25, 0.3) is 11.0 Å². The number of H-pyrrole nitrogens is 1. The van der Waals surface area contributed by atoms with Crippen LogP contribution in [0, 0.1) is 6.92 Å². The highest BCUT2D eigenvalue weighted by Crippen LogP contribution is 2.31. The Morgan fingerprint density at radius 2 is 2.31 bits per heavy atom. The van der Waals surface area contributed by atoms with Crippen LogP contribution in [0.15, 0.2) is 41.0 Å². The largest absolute Gasteiger partial charge is 0.467 e. The number of furan rings is 1. The number of para-hydroxylation sites is 1. The number of carbonyl (C=O) groups excluding carboxylic acids is 1. The number of carbonyl (C=O) groups is 1. The Hall–Kier alpha value is -2.60. The molecule has 136 valence electrons. The molecular formula is C20H24N4O2. The molecular weight excluding hydrogens is 328 g/mol. The first-order chi connectivity index (χ1) is 12.7. The number of benzene rings is 1. The molecule has 0 spiro atoms. The molecule has 0 bridgehead atoms. The Bertz CT molecular complexity index is 884. The third kappa shape index (κ3) is 3.51. The number of amides is 1. The molecule has 3 heterocycles. The normalized spacial score (nSPS) is 17.8. The average molecular weight is 352 g/mol. The van der Waals surface area contributed by atoms with E-state index in [1.807, 2.05) is 12.1 Å². The summed E-state index contributed by atoms with van der Waals surface area (Å²) in [6.45, 7) is 4.28. The smallest absolute Gasteiger partial charge is 0.221 e. The maximum atomic E-state index is 12.1. The molecule has 1 aromatic carbocycles. The minimum absolute atomic E-state index is 0.0486. The van der Waals surface area contributed by atoms with Gasteiger partial charge >= 0.3 is 0 Å². The summed E-state index contributed by atoms with van der Waals surface area (Å²) in [5, 5.41) is 2.91. The number of rotatable bonds is 6. The first-order valence-corrected chi connectivity index (χ1v) is 9.19. The van der Waals surface area contributed by atoms with Crippen molar-refractivity contribution in [3.63, 3.8) is 0 Å². The number of nitrogens with zero attached hydrogens (tertiary/aromatic N) is 2. The first-order valence-electron chi connectivity index (χ1n) is 9.19. The van der Waals surface area contributed by atoms with Crippen molar-refractivity contribution in [1.29, 1.82) is 0 Å². The molecule has 0 saturated carbocycles. The minimum atomic E-state index is 0.0486. The minimum Gasteiger partial charge on any atom is -0.467 e. The van der Waals surface area contributed by atoms with Crippen LogP contribution in [0.2, 0.25) is 0 Å². The van der Waals surface area contributed by atoms with E-state index in [2.05, 4.69) is 40.3 Å². The summed E-state index contributed by atoms with van der Waals surface area (Å²) in [5.41, 5.74) is 3.32. The van der Waals surface area contributed by atoms with E-state index < -0.39 is 0 Å². The van der Waals surface area contributed by atoms with Crippen molar-refractivity contribution in [2.75, 3.05) is 13.1 Å². The van der Waals surface area contributed by atoms with Crippen LogP contribution in [-0.4, -0.2) is 33.9 Å². The van der Waals surface area contributed by atoms with E-state index in [4.69, 9.17) is 9.40 Å². The summed E-state index contributed by atoms with van der Waals surface area (Å²) in [6.07, 6.45) is 4.31. The van der Waals surface area contributed by atoms with Crippen LogP contribution in [0.5, 0.6) is 0 Å². The van der Waals surface area contributed by atoms with Gasteiger partial charge in [0.1, 0.15) is 11.6 Å². The second-order valence-electron chi connectivity index (χ2n) is 6.89. The fourth-order valence-corrected chi connectivity index (χ4v) is 3.69. The van der Waals surface area contributed by atoms with Crippen LogP contribution in [0.3, 0.4) is 0 Å². The van der Waals surface area contributed by atoms with Crippen molar-refractivity contribution in [2.45, 2.75) is 38.8 Å². The Kier molecular flexibility index (Phi) is 4.75. The zero-order valence-electron chi connectivity index (χ0n) is 15.0. The summed E-state index contributed by atoms with van der Waals surface area (Å²) in [7, 11) is 0. The molecule has 1 saturated heterocycles. The van der Waals surface area contributed by atoms with Gasteiger partial charge in [-0.15, -0.1) is 0 Å². The van der Waals surface area contributed by atoms with Gasteiger partial charge in [0.25, 0.3) is 0 Å². The molecule has 2 aromatic heterocycles. The quantitative estimate of drug-likeness (QED) is 0.714. The lowest BCUT2D eigenvalue weighted by atomic mass is 10.2. The van der Waals surface area contributed by atoms with Gasteiger partial charge in [0, 0.05) is 13.0 Å². The lowest BCUT2D eigenvalue weighted by Crippen LogP contribution is -2.30. The highest BCUT2D eigenvalue weighted by molar-refractivity contribution is 5.78. The van der Waals surface area contributed by atoms with Gasteiger partial charge in [-0.2, -0.15) is 0 Å². The van der Waals surface area contributed by atoms with Gasteiger partial charge in [0.15, 0.2) is 0 Å². The van der Waals surface area contributed by atoms with E-state index in [1.54, 1.807) is 6.26 Å². The fraction of sp³-hybridized carbons (Fsp3) is 0.400. The monoisotopic (exact) mass is 352 g/mol. The average Bonchev–Trinajstić information content (AvgIpc) is 3.37. The molecule has 0 aliphatic carbocycles. The molecule has 6 nitrogen and oxygen atoms in total. The van der Waals surface area contributed by atoms with E-state index in [1.165, 1.54) is 5.56 Å². The van der Waals surface area contributed by atoms with Crippen molar-refractivity contribution in [3.05, 3.63) is 53.7 Å². The van der Waals surface area contributed by atoms with Crippen LogP contribution in [-0.2, 0) is 11.3 Å². The number of nitrogens with one attached hydrogen (secondary N) is 2. The lowest BCUT2D eigenvalue weighted by molar-refractivity contribution is -0.121. The number of fused-ring (bicyclic) bond motifs is 1. The molecule has 0 unspecified atom stereocenters. The van der Waals surface area contributed by atoms with E-state index >= 15 is 0 Å². The van der Waals surface area contributed by atoms with E-state index in [-0.39, 0.29) is 11.9 Å². The molecule has 1 atom stereocenters. The molecule has 1 aliphatic rings. The van der Waals surface area contributed by atoms with E-state index in [0.29, 0.717) is 13.0 Å². The molecule has 26 heavy (non-hydrogen) atoms. The molecule has 1 aliphatic heterocycles. The second-order valence-corrected chi connectivity index (χ2v) is 6.89. The van der Waals surface area contributed by atoms with Crippen molar-refractivity contribution >= 4 is 16.9 Å². The SMILES string of the molecule is Cc1cccc2[nH]c([C@@H]3CCCN3CCC(=O)NCc3ccco3)nc12. The topological polar surface area (TPSA) is 74.2 Å². The van der Waals surface area contributed by atoms with Gasteiger partial charge in [-0.1, -0.05) is 12.1 Å². The standard InChI is InChI=1S/C20H24N4O2/c1-14-5-2-7-16-19(14)23-20(22-16)17-8-3-10-24(17)11-9-18(25)21-13-15-6-4-12-26-15/h2,4-7,12,17H,3,8-11,13H2,1H3,(H,21,25)(H,22,23)/t17-/m0/s1. The molecule has 6 heteroatoms. The first kappa shape index (κ1) is 16.8. The maximum absolute atomic E-state index is 12.1. The number of likely N-dealkylation sites (tertiary alicyclic amines) is 1. The Labute approximate surface area is 152 Å². The zero-order chi connectivity index (χ0) is 17.9. The molecule has 1 fully saturated rings. The lowest BCUT2D eigenvalue weighted by Gasteiger charge is -2.22. The predicted octanol–water partition coefficient (Wildman–Crippen LogP) is 3.31. The van der Waals surface area contributed by atoms with Crippen molar-refractivity contribution in [2.24, 2.45) is 0 Å². The van der Waals surface area contributed by atoms with Crippen molar-refractivity contribution < 1.29 is 9.21 Å². The Morgan fingerprint density at radius 1 is 1.38 bits per heavy atom. The third-order valence-corrected chi connectivity index (χ3v) is 5.08. The number of hydrogen-bond acceptors (Lipinski definition) is 4. The molecule has 4 rings (SSSR count). The number of hydrogen-bond donors (Lipinski definition) is 2. The number of imidazole rings is 1. The molecule has 1 amide bonds. The van der Waals surface area contributed by atoms with Crippen LogP contribution < -0.4 is 5.32 Å². The number of aromatic amines is 1. The summed E-state index contributed by atoms with van der Waals surface area (Å²) >= 11 is 0. The van der Waals surface area contributed by atoms with E-state index in [9.17, 15) is 4.79 Å². The number of aromatic nitrogens is 2. The molecule has 3 aromatic rings. The van der Waals surface area contributed by atoms with Gasteiger partial charge in [-0.05, 0) is 50.1 Å². The van der Waals surface area contributed by atoms with Crippen LogP contribution in [0.1, 0.15) is 42.5 Å². The summed E-state index contributed by atoms with van der Waals surface area (Å²) < 4.78 is 5.24. The molecule has 0 radical (unpaired) electrons. The van der Waals surface area contributed by atoms with Crippen molar-refractivity contribution in [1.82, 2.24) is 20.2 Å². The highest BCUT2D eigenvalue weighted by atomic mass is 16.3. The fourth-order valence-electron chi connectivity index (χ4n) is 3.69. The Balaban J connectivity index is 1.37. The van der Waals surface area contributed by atoms with Crippen molar-refractivity contribution in [3.8, 4) is 0 Å². The van der Waals surface area contributed by atoms with Gasteiger partial charge in [0.05, 0.1) is 29.9 Å². The van der Waals surface area contributed by atoms with Gasteiger partial charge in [-0.25, -0.2) is 4.98 Å². The third-order valence-electron chi connectivity index (χ3n) is 5.08. The summed E-state index contributed by atoms with van der Waals surface area (Å²) in [5.74, 6) is 1.84. The second kappa shape index (κ2) is 7.33. The predicted molar refractivity (Wildman–Crippen MR) is 99.6 cm³/mol. The summed E-state index contributed by atoms with van der Waals surface area (Å²) in [6, 6.07) is 10.2. The maximum Gasteiger partial charge on any atom is 0.221 e. The number of aryl methyl sites for hydroxylation is 1. The van der Waals surface area contributed by atoms with Crippen LogP contribution >= 0.6 is 0 Å². The van der Waals surface area contributed by atoms with Gasteiger partial charge in [0.2, 0.25) is 5.91 Å². The zero-order valence-corrected chi connectivity index (χ0v) is 15.0. The van der Waals surface area contributed by atoms with E-state index in [0.717, 1.165) is 48.5 Å². The molecule has 2 N–H and O–H groups in total. The summed E-state index contributed by atoms with van der Waals surface area (Å²) in [4.78, 5) is 22.8. The van der Waals surface area contributed by atoms with Gasteiger partial charge < -0.3 is 14.7 Å².